The van der Waals surface area contributed by atoms with Crippen molar-refractivity contribution in [1.82, 2.24) is 0 Å². The van der Waals surface area contributed by atoms with E-state index in [0.29, 0.717) is 5.70 Å². The molecule has 1 unspecified atom stereocenters. The lowest BCUT2D eigenvalue weighted by atomic mass is 9.99. The molecule has 70 valence electrons. The van der Waals surface area contributed by atoms with Gasteiger partial charge >= 0.3 is 6.18 Å². The molecule has 13 heavy (non-hydrogen) atoms. The third kappa shape index (κ3) is 2.79. The van der Waals surface area contributed by atoms with Crippen molar-refractivity contribution in [2.75, 3.05) is 0 Å². The third-order valence-electron chi connectivity index (χ3n) is 1.68. The molecule has 1 aliphatic rings. The van der Waals surface area contributed by atoms with Gasteiger partial charge in [0.05, 0.1) is 16.8 Å². The van der Waals surface area contributed by atoms with Gasteiger partial charge in [-0.15, -0.1) is 0 Å². The Morgan fingerprint density at radius 2 is 2.23 bits per heavy atom. The number of hydrogen-bond donors (Lipinski definition) is 0. The fourth-order valence-electron chi connectivity index (χ4n) is 0.987. The molecular weight excluding hydrogens is 199 g/mol. The van der Waals surface area contributed by atoms with Gasteiger partial charge in [-0.3, -0.25) is 0 Å². The molecule has 0 saturated heterocycles. The molecule has 0 bridgehead atoms. The molecule has 1 aliphatic carbocycles. The molecule has 0 heterocycles. The number of halogens is 3. The second kappa shape index (κ2) is 3.85. The van der Waals surface area contributed by atoms with E-state index in [1.54, 1.807) is 0 Å². The smallest absolute Gasteiger partial charge is 0.195 e. The van der Waals surface area contributed by atoms with Crippen molar-refractivity contribution in [2.45, 2.75) is 12.6 Å². The van der Waals surface area contributed by atoms with Gasteiger partial charge in [-0.1, -0.05) is 12.2 Å². The van der Waals surface area contributed by atoms with E-state index in [4.69, 9.17) is 0 Å². The van der Waals surface area contributed by atoms with Crippen LogP contribution in [0.25, 0.3) is 0 Å². The summed E-state index contributed by atoms with van der Waals surface area (Å²) >= 11 is 4.32. The van der Waals surface area contributed by atoms with Gasteiger partial charge in [0.2, 0.25) is 0 Å². The van der Waals surface area contributed by atoms with Crippen molar-refractivity contribution in [3.05, 3.63) is 23.9 Å². The first-order chi connectivity index (χ1) is 6.04. The van der Waals surface area contributed by atoms with E-state index in [2.05, 4.69) is 22.4 Å². The number of alkyl halides is 3. The zero-order valence-electron chi connectivity index (χ0n) is 6.51. The zero-order valence-corrected chi connectivity index (χ0v) is 7.32. The van der Waals surface area contributed by atoms with Crippen LogP contribution in [0.15, 0.2) is 28.9 Å². The standard InChI is InChI=1S/C8H6F3NS/c9-8(10,11)6-1-3-7(4-2-6)12-5-13/h1,3-4,6H,2H2. The van der Waals surface area contributed by atoms with E-state index in [1.165, 1.54) is 12.2 Å². The molecule has 5 heteroatoms. The number of rotatable bonds is 1. The molecule has 0 aromatic carbocycles. The van der Waals surface area contributed by atoms with Crippen LogP contribution in [0.4, 0.5) is 13.2 Å². The summed E-state index contributed by atoms with van der Waals surface area (Å²) in [5, 5.41) is 2.10. The quantitative estimate of drug-likeness (QED) is 0.473. The first kappa shape index (κ1) is 10.2. The summed E-state index contributed by atoms with van der Waals surface area (Å²) in [6.45, 7) is 0. The fraction of sp³-hybridized carbons (Fsp3) is 0.375. The van der Waals surface area contributed by atoms with E-state index in [-0.39, 0.29) is 6.42 Å². The largest absolute Gasteiger partial charge is 0.395 e. The highest BCUT2D eigenvalue weighted by Crippen LogP contribution is 2.32. The van der Waals surface area contributed by atoms with Gasteiger partial charge in [0, 0.05) is 0 Å². The molecule has 1 nitrogen and oxygen atoms in total. The van der Waals surface area contributed by atoms with Crippen molar-refractivity contribution >= 4 is 17.4 Å². The Morgan fingerprint density at radius 3 is 2.62 bits per heavy atom. The van der Waals surface area contributed by atoms with Crippen LogP contribution in [-0.2, 0) is 0 Å². The molecule has 0 aromatic heterocycles. The second-order valence-electron chi connectivity index (χ2n) is 2.58. The van der Waals surface area contributed by atoms with E-state index in [0.717, 1.165) is 6.08 Å². The first-order valence-electron chi connectivity index (χ1n) is 3.57. The van der Waals surface area contributed by atoms with Crippen LogP contribution in [0.5, 0.6) is 0 Å². The Bertz CT molecular complexity index is 297. The van der Waals surface area contributed by atoms with Crippen LogP contribution in [0.1, 0.15) is 6.42 Å². The lowest BCUT2D eigenvalue weighted by Gasteiger charge is -2.17. The number of nitrogens with zero attached hydrogens (tertiary/aromatic N) is 1. The van der Waals surface area contributed by atoms with Gasteiger partial charge in [0.15, 0.2) is 0 Å². The summed E-state index contributed by atoms with van der Waals surface area (Å²) in [6, 6.07) is 0. The minimum atomic E-state index is -4.17. The average Bonchev–Trinajstić information content (AvgIpc) is 2.04. The molecule has 0 N–H and O–H groups in total. The Kier molecular flexibility index (Phi) is 3.01. The molecule has 0 fully saturated rings. The van der Waals surface area contributed by atoms with E-state index < -0.39 is 12.1 Å². The van der Waals surface area contributed by atoms with E-state index in [1.807, 2.05) is 0 Å². The van der Waals surface area contributed by atoms with E-state index >= 15 is 0 Å². The molecular formula is C8H6F3NS. The van der Waals surface area contributed by atoms with Crippen LogP contribution < -0.4 is 0 Å². The minimum Gasteiger partial charge on any atom is -0.195 e. The predicted octanol–water partition coefficient (Wildman–Crippen LogP) is 3.11. The van der Waals surface area contributed by atoms with Gasteiger partial charge in [0.25, 0.3) is 0 Å². The van der Waals surface area contributed by atoms with Gasteiger partial charge in [-0.05, 0) is 24.7 Å². The lowest BCUT2D eigenvalue weighted by molar-refractivity contribution is -0.160. The summed E-state index contributed by atoms with van der Waals surface area (Å²) in [6.07, 6.45) is -0.445. The summed E-state index contributed by atoms with van der Waals surface area (Å²) < 4.78 is 36.3. The maximum Gasteiger partial charge on any atom is 0.395 e. The zero-order chi connectivity index (χ0) is 9.90. The van der Waals surface area contributed by atoms with Crippen molar-refractivity contribution < 1.29 is 13.2 Å². The molecule has 0 aliphatic heterocycles. The third-order valence-corrected chi connectivity index (χ3v) is 1.77. The Balaban J connectivity index is 2.69. The Morgan fingerprint density at radius 1 is 1.54 bits per heavy atom. The summed E-state index contributed by atoms with van der Waals surface area (Å²) in [4.78, 5) is 3.57. The predicted molar refractivity (Wildman–Crippen MR) is 46.4 cm³/mol. The maximum absolute atomic E-state index is 12.1. The second-order valence-corrected chi connectivity index (χ2v) is 2.76. The first-order valence-corrected chi connectivity index (χ1v) is 3.98. The lowest BCUT2D eigenvalue weighted by Crippen LogP contribution is -2.21. The number of hydrogen-bond acceptors (Lipinski definition) is 2. The molecule has 0 aromatic rings. The van der Waals surface area contributed by atoms with Crippen LogP contribution >= 0.6 is 12.2 Å². The number of allylic oxidation sites excluding steroid dienone is 3. The molecule has 0 radical (unpaired) electrons. The fourth-order valence-corrected chi connectivity index (χ4v) is 1.09. The van der Waals surface area contributed by atoms with Crippen LogP contribution in [0.2, 0.25) is 0 Å². The molecule has 1 atom stereocenters. The normalized spacial score (nSPS) is 22.1. The van der Waals surface area contributed by atoms with Crippen LogP contribution in [0.3, 0.4) is 0 Å². The SMILES string of the molecule is FC(F)(F)C1C=CC(N=C=S)=CC1. The number of isothiocyanates is 1. The average molecular weight is 205 g/mol. The molecule has 0 amide bonds. The highest BCUT2D eigenvalue weighted by molar-refractivity contribution is 7.78. The highest BCUT2D eigenvalue weighted by atomic mass is 32.1. The van der Waals surface area contributed by atoms with Crippen molar-refractivity contribution in [3.63, 3.8) is 0 Å². The minimum absolute atomic E-state index is 0.0736. The maximum atomic E-state index is 12.1. The van der Waals surface area contributed by atoms with Crippen molar-refractivity contribution in [2.24, 2.45) is 10.9 Å². The summed E-state index contributed by atoms with van der Waals surface area (Å²) in [5.41, 5.74) is 0.440. The summed E-state index contributed by atoms with van der Waals surface area (Å²) in [7, 11) is 0. The monoisotopic (exact) mass is 205 g/mol. The topological polar surface area (TPSA) is 12.4 Å². The van der Waals surface area contributed by atoms with Gasteiger partial charge in [-0.25, -0.2) is 0 Å². The van der Waals surface area contributed by atoms with Gasteiger partial charge < -0.3 is 0 Å². The molecule has 0 saturated carbocycles. The molecule has 0 spiro atoms. The van der Waals surface area contributed by atoms with Crippen molar-refractivity contribution in [3.8, 4) is 0 Å². The van der Waals surface area contributed by atoms with Crippen LogP contribution in [-0.4, -0.2) is 11.3 Å². The summed E-state index contributed by atoms with van der Waals surface area (Å²) in [5.74, 6) is -1.39. The highest BCUT2D eigenvalue weighted by Gasteiger charge is 2.37. The Hall–Kier alpha value is -0.930. The van der Waals surface area contributed by atoms with E-state index in [9.17, 15) is 13.2 Å². The van der Waals surface area contributed by atoms with Gasteiger partial charge in [-0.2, -0.15) is 18.2 Å². The van der Waals surface area contributed by atoms with Crippen LogP contribution in [0, 0.1) is 5.92 Å². The Labute approximate surface area is 78.7 Å². The number of aliphatic imine (C=N–C) groups is 1. The van der Waals surface area contributed by atoms with Crippen molar-refractivity contribution in [1.29, 1.82) is 0 Å². The van der Waals surface area contributed by atoms with Gasteiger partial charge in [0.1, 0.15) is 0 Å². The molecule has 1 rings (SSSR count). The number of thiocarbonyl (C=S) groups is 1.